The predicted octanol–water partition coefficient (Wildman–Crippen LogP) is 3.93. The summed E-state index contributed by atoms with van der Waals surface area (Å²) < 4.78 is 19.9. The molecule has 18 heavy (non-hydrogen) atoms. The Morgan fingerprint density at radius 1 is 1.39 bits per heavy atom. The summed E-state index contributed by atoms with van der Waals surface area (Å²) in [5, 5.41) is 0. The van der Waals surface area contributed by atoms with Gasteiger partial charge in [-0.3, -0.25) is 0 Å². The molecule has 1 aromatic heterocycles. The van der Waals surface area contributed by atoms with Gasteiger partial charge in [0.25, 0.3) is 0 Å². The van der Waals surface area contributed by atoms with Crippen molar-refractivity contribution in [2.75, 3.05) is 6.54 Å². The topological polar surface area (TPSA) is 35.2 Å². The molecule has 0 amide bonds. The van der Waals surface area contributed by atoms with Gasteiger partial charge in [0.2, 0.25) is 0 Å². The normalized spacial score (nSPS) is 12.4. The Hall–Kier alpha value is -1.10. The van der Waals surface area contributed by atoms with Crippen molar-refractivity contribution in [1.29, 1.82) is 0 Å². The van der Waals surface area contributed by atoms with Gasteiger partial charge in [0.05, 0.1) is 4.34 Å². The third-order valence-electron chi connectivity index (χ3n) is 2.48. The minimum atomic E-state index is -0.387. The number of benzene rings is 1. The van der Waals surface area contributed by atoms with Crippen molar-refractivity contribution < 1.29 is 9.13 Å². The van der Waals surface area contributed by atoms with Crippen LogP contribution in [0.1, 0.15) is 16.5 Å². The highest BCUT2D eigenvalue weighted by atomic mass is 35.5. The van der Waals surface area contributed by atoms with E-state index in [1.54, 1.807) is 18.2 Å². The number of nitrogens with two attached hydrogens (primary N) is 1. The molecule has 2 N–H and O–H groups in total. The number of hydrogen-bond acceptors (Lipinski definition) is 3. The molecule has 1 atom stereocenters. The molecular formula is C13H13ClFNOS. The Bertz CT molecular complexity index is 544. The number of rotatable bonds is 4. The first kappa shape index (κ1) is 13.3. The van der Waals surface area contributed by atoms with E-state index in [2.05, 4.69) is 0 Å². The number of aryl methyl sites for hydroxylation is 1. The molecule has 0 aliphatic carbocycles. The van der Waals surface area contributed by atoms with Gasteiger partial charge in [0, 0.05) is 11.4 Å². The Labute approximate surface area is 114 Å². The van der Waals surface area contributed by atoms with Crippen LogP contribution in [0.4, 0.5) is 4.39 Å². The maximum atomic E-state index is 13.6. The molecule has 96 valence electrons. The fourth-order valence-electron chi connectivity index (χ4n) is 1.58. The lowest BCUT2D eigenvalue weighted by molar-refractivity contribution is 0.208. The summed E-state index contributed by atoms with van der Waals surface area (Å²) in [4.78, 5) is 0.892. The maximum absolute atomic E-state index is 13.6. The first-order chi connectivity index (χ1) is 8.60. The van der Waals surface area contributed by atoms with E-state index in [0.717, 1.165) is 10.4 Å². The minimum Gasteiger partial charge on any atom is -0.480 e. The van der Waals surface area contributed by atoms with Crippen molar-refractivity contribution in [2.45, 2.75) is 13.0 Å². The zero-order valence-corrected chi connectivity index (χ0v) is 11.4. The summed E-state index contributed by atoms with van der Waals surface area (Å²) in [5.41, 5.74) is 6.60. The van der Waals surface area contributed by atoms with E-state index in [1.165, 1.54) is 17.4 Å². The molecule has 0 saturated carbocycles. The van der Waals surface area contributed by atoms with Gasteiger partial charge >= 0.3 is 0 Å². The van der Waals surface area contributed by atoms with Crippen LogP contribution in [0, 0.1) is 12.7 Å². The smallest absolute Gasteiger partial charge is 0.165 e. The SMILES string of the molecule is Cc1ccc(F)c(OC(CN)c2ccc(Cl)s2)c1. The lowest BCUT2D eigenvalue weighted by Crippen LogP contribution is -2.17. The summed E-state index contributed by atoms with van der Waals surface area (Å²) >= 11 is 7.26. The molecule has 5 heteroatoms. The average Bonchev–Trinajstić information content (AvgIpc) is 2.77. The highest BCUT2D eigenvalue weighted by Crippen LogP contribution is 2.31. The van der Waals surface area contributed by atoms with E-state index in [1.807, 2.05) is 13.0 Å². The van der Waals surface area contributed by atoms with Crippen LogP contribution < -0.4 is 10.5 Å². The van der Waals surface area contributed by atoms with Crippen LogP contribution >= 0.6 is 22.9 Å². The van der Waals surface area contributed by atoms with Crippen LogP contribution in [-0.4, -0.2) is 6.54 Å². The van der Waals surface area contributed by atoms with Crippen molar-refractivity contribution >= 4 is 22.9 Å². The first-order valence-corrected chi connectivity index (χ1v) is 6.67. The van der Waals surface area contributed by atoms with Gasteiger partial charge in [-0.05, 0) is 36.8 Å². The molecule has 2 aromatic rings. The summed E-state index contributed by atoms with van der Waals surface area (Å²) in [7, 11) is 0. The molecule has 1 heterocycles. The molecule has 2 nitrogen and oxygen atoms in total. The second kappa shape index (κ2) is 5.69. The fraction of sp³-hybridized carbons (Fsp3) is 0.231. The second-order valence-corrected chi connectivity index (χ2v) is 5.66. The van der Waals surface area contributed by atoms with Crippen LogP contribution in [0.2, 0.25) is 4.34 Å². The Morgan fingerprint density at radius 3 is 2.78 bits per heavy atom. The van der Waals surface area contributed by atoms with E-state index < -0.39 is 0 Å². The highest BCUT2D eigenvalue weighted by Gasteiger charge is 2.16. The summed E-state index contributed by atoms with van der Waals surface area (Å²) in [6.07, 6.45) is -0.376. The number of ether oxygens (including phenoxy) is 1. The van der Waals surface area contributed by atoms with Crippen LogP contribution in [0.15, 0.2) is 30.3 Å². The van der Waals surface area contributed by atoms with E-state index in [9.17, 15) is 4.39 Å². The molecule has 0 spiro atoms. The zero-order valence-electron chi connectivity index (χ0n) is 9.82. The number of thiophene rings is 1. The van der Waals surface area contributed by atoms with Gasteiger partial charge in [-0.15, -0.1) is 11.3 Å². The molecule has 0 bridgehead atoms. The predicted molar refractivity (Wildman–Crippen MR) is 72.9 cm³/mol. The van der Waals surface area contributed by atoms with Gasteiger partial charge in [0.15, 0.2) is 11.6 Å². The number of halogens is 2. The van der Waals surface area contributed by atoms with Crippen molar-refractivity contribution in [1.82, 2.24) is 0 Å². The van der Waals surface area contributed by atoms with Crippen LogP contribution in [0.5, 0.6) is 5.75 Å². The quantitative estimate of drug-likeness (QED) is 0.924. The summed E-state index contributed by atoms with van der Waals surface area (Å²) in [5.74, 6) is -0.170. The largest absolute Gasteiger partial charge is 0.480 e. The van der Waals surface area contributed by atoms with Gasteiger partial charge in [-0.25, -0.2) is 4.39 Å². The molecule has 0 radical (unpaired) electrons. The zero-order chi connectivity index (χ0) is 13.1. The third kappa shape index (κ3) is 3.02. The van der Waals surface area contributed by atoms with E-state index in [0.29, 0.717) is 4.34 Å². The van der Waals surface area contributed by atoms with Crippen molar-refractivity contribution in [3.63, 3.8) is 0 Å². The molecule has 2 rings (SSSR count). The van der Waals surface area contributed by atoms with Crippen molar-refractivity contribution in [3.8, 4) is 5.75 Å². The standard InChI is InChI=1S/C13H13ClFNOS/c1-8-2-3-9(15)10(6-8)17-11(7-16)12-4-5-13(14)18-12/h2-6,11H,7,16H2,1H3. The highest BCUT2D eigenvalue weighted by molar-refractivity contribution is 7.16. The number of hydrogen-bond donors (Lipinski definition) is 1. The minimum absolute atomic E-state index is 0.218. The van der Waals surface area contributed by atoms with Crippen LogP contribution in [0.3, 0.4) is 0 Å². The van der Waals surface area contributed by atoms with Crippen LogP contribution in [0.25, 0.3) is 0 Å². The molecule has 0 aliphatic rings. The van der Waals surface area contributed by atoms with Gasteiger partial charge in [0.1, 0.15) is 6.10 Å². The maximum Gasteiger partial charge on any atom is 0.165 e. The lowest BCUT2D eigenvalue weighted by Gasteiger charge is -2.16. The monoisotopic (exact) mass is 285 g/mol. The van der Waals surface area contributed by atoms with Crippen LogP contribution in [-0.2, 0) is 0 Å². The van der Waals surface area contributed by atoms with E-state index in [-0.39, 0.29) is 24.2 Å². The lowest BCUT2D eigenvalue weighted by atomic mass is 10.2. The Kier molecular flexibility index (Phi) is 4.22. The summed E-state index contributed by atoms with van der Waals surface area (Å²) in [6, 6.07) is 8.37. The average molecular weight is 286 g/mol. The second-order valence-electron chi connectivity index (χ2n) is 3.92. The Morgan fingerprint density at radius 2 is 2.17 bits per heavy atom. The van der Waals surface area contributed by atoms with Crippen molar-refractivity contribution in [3.05, 3.63) is 50.9 Å². The molecule has 1 aromatic carbocycles. The van der Waals surface area contributed by atoms with E-state index in [4.69, 9.17) is 22.1 Å². The summed E-state index contributed by atoms with van der Waals surface area (Å²) in [6.45, 7) is 2.15. The van der Waals surface area contributed by atoms with Crippen molar-refractivity contribution in [2.24, 2.45) is 5.73 Å². The van der Waals surface area contributed by atoms with Gasteiger partial charge < -0.3 is 10.5 Å². The molecule has 0 aliphatic heterocycles. The fourth-order valence-corrected chi connectivity index (χ4v) is 2.68. The van der Waals surface area contributed by atoms with E-state index >= 15 is 0 Å². The molecule has 0 fully saturated rings. The first-order valence-electron chi connectivity index (χ1n) is 5.48. The molecule has 1 unspecified atom stereocenters. The molecular weight excluding hydrogens is 273 g/mol. The Balaban J connectivity index is 2.22. The van der Waals surface area contributed by atoms with Gasteiger partial charge in [-0.1, -0.05) is 17.7 Å². The molecule has 0 saturated heterocycles. The van der Waals surface area contributed by atoms with Gasteiger partial charge in [-0.2, -0.15) is 0 Å². The third-order valence-corrected chi connectivity index (χ3v) is 3.80.